The van der Waals surface area contributed by atoms with E-state index in [4.69, 9.17) is 10.8 Å². The van der Waals surface area contributed by atoms with Crippen LogP contribution in [0.2, 0.25) is 0 Å². The van der Waals surface area contributed by atoms with E-state index in [1.54, 1.807) is 6.92 Å². The van der Waals surface area contributed by atoms with Gasteiger partial charge in [-0.05, 0) is 18.6 Å². The predicted molar refractivity (Wildman–Crippen MR) is 66.9 cm³/mol. The minimum atomic E-state index is -4.22. The topological polar surface area (TPSA) is 83.6 Å². The van der Waals surface area contributed by atoms with Gasteiger partial charge in [0.25, 0.3) is 0 Å². The number of nitrogen functional groups attached to an aromatic ring is 1. The summed E-state index contributed by atoms with van der Waals surface area (Å²) in [7, 11) is -4.22. The van der Waals surface area contributed by atoms with Crippen molar-refractivity contribution in [2.24, 2.45) is 0 Å². The van der Waals surface area contributed by atoms with E-state index >= 15 is 0 Å². The zero-order valence-corrected chi connectivity index (χ0v) is 11.3. The summed E-state index contributed by atoms with van der Waals surface area (Å²) >= 11 is 0. The molecule has 0 spiro atoms. The maximum Gasteiger partial charge on any atom is 0.246 e. The molecule has 5 nitrogen and oxygen atoms in total. The van der Waals surface area contributed by atoms with Gasteiger partial charge in [-0.2, -0.15) is 4.31 Å². The van der Waals surface area contributed by atoms with Crippen LogP contribution in [-0.2, 0) is 10.0 Å². The first-order chi connectivity index (χ1) is 8.84. The lowest BCUT2D eigenvalue weighted by Crippen LogP contribution is -2.35. The van der Waals surface area contributed by atoms with Crippen molar-refractivity contribution in [1.29, 1.82) is 0 Å². The highest BCUT2D eigenvalue weighted by molar-refractivity contribution is 7.89. The first-order valence-electron chi connectivity index (χ1n) is 5.70. The lowest BCUT2D eigenvalue weighted by atomic mass is 10.3. The van der Waals surface area contributed by atoms with Gasteiger partial charge >= 0.3 is 0 Å². The van der Waals surface area contributed by atoms with Gasteiger partial charge in [-0.15, -0.1) is 0 Å². The number of aliphatic hydroxyl groups is 1. The molecule has 0 aliphatic rings. The van der Waals surface area contributed by atoms with Crippen LogP contribution in [-0.4, -0.2) is 37.5 Å². The highest BCUT2D eigenvalue weighted by atomic mass is 32.2. The third-order valence-electron chi connectivity index (χ3n) is 2.46. The quantitative estimate of drug-likeness (QED) is 0.765. The Hall–Kier alpha value is -1.25. The molecule has 0 saturated carbocycles. The standard InChI is InChI=1S/C11H16F2N2O3S/c1-2-3-15(4-5-16)19(17,18)10-7-8(14)6-9(12)11(10)13/h6-7,16H,2-5,14H2,1H3. The van der Waals surface area contributed by atoms with E-state index in [2.05, 4.69) is 0 Å². The largest absolute Gasteiger partial charge is 0.399 e. The molecular formula is C11H16F2N2O3S. The van der Waals surface area contributed by atoms with Gasteiger partial charge in [-0.25, -0.2) is 17.2 Å². The Morgan fingerprint density at radius 2 is 1.95 bits per heavy atom. The van der Waals surface area contributed by atoms with E-state index < -0.39 is 33.2 Å². The number of sulfonamides is 1. The second kappa shape index (κ2) is 6.27. The fourth-order valence-electron chi connectivity index (χ4n) is 1.62. The average molecular weight is 294 g/mol. The van der Waals surface area contributed by atoms with Gasteiger partial charge in [0.15, 0.2) is 11.6 Å². The van der Waals surface area contributed by atoms with Crippen LogP contribution in [0.3, 0.4) is 0 Å². The van der Waals surface area contributed by atoms with Crippen LogP contribution >= 0.6 is 0 Å². The lowest BCUT2D eigenvalue weighted by Gasteiger charge is -2.21. The number of hydrogen-bond acceptors (Lipinski definition) is 4. The molecule has 0 heterocycles. The molecule has 0 aromatic heterocycles. The summed E-state index contributed by atoms with van der Waals surface area (Å²) in [6.45, 7) is 1.23. The minimum Gasteiger partial charge on any atom is -0.399 e. The molecule has 0 fully saturated rings. The van der Waals surface area contributed by atoms with E-state index in [1.165, 1.54) is 0 Å². The zero-order valence-electron chi connectivity index (χ0n) is 10.4. The average Bonchev–Trinajstić information content (AvgIpc) is 2.33. The van der Waals surface area contributed by atoms with Gasteiger partial charge in [0.1, 0.15) is 4.90 Å². The number of hydrogen-bond donors (Lipinski definition) is 2. The molecule has 8 heteroatoms. The summed E-state index contributed by atoms with van der Waals surface area (Å²) in [6.07, 6.45) is 0.478. The van der Waals surface area contributed by atoms with Crippen molar-refractivity contribution in [2.75, 3.05) is 25.4 Å². The van der Waals surface area contributed by atoms with Crippen molar-refractivity contribution < 1.29 is 22.3 Å². The summed E-state index contributed by atoms with van der Waals surface area (Å²) in [5, 5.41) is 8.85. The first-order valence-corrected chi connectivity index (χ1v) is 7.14. The molecule has 1 aromatic rings. The lowest BCUT2D eigenvalue weighted by molar-refractivity contribution is 0.253. The smallest absolute Gasteiger partial charge is 0.246 e. The normalized spacial score (nSPS) is 12.1. The molecule has 1 aromatic carbocycles. The summed E-state index contributed by atoms with van der Waals surface area (Å²) in [5.74, 6) is -2.78. The van der Waals surface area contributed by atoms with Crippen molar-refractivity contribution >= 4 is 15.7 Å². The van der Waals surface area contributed by atoms with Gasteiger partial charge in [0.2, 0.25) is 10.0 Å². The monoisotopic (exact) mass is 294 g/mol. The maximum atomic E-state index is 13.6. The van der Waals surface area contributed by atoms with Gasteiger partial charge in [0, 0.05) is 18.8 Å². The molecule has 0 bridgehead atoms. The van der Waals surface area contributed by atoms with Crippen molar-refractivity contribution in [2.45, 2.75) is 18.2 Å². The summed E-state index contributed by atoms with van der Waals surface area (Å²) < 4.78 is 52.1. The molecular weight excluding hydrogens is 278 g/mol. The van der Waals surface area contributed by atoms with E-state index in [-0.39, 0.29) is 18.8 Å². The Balaban J connectivity index is 3.32. The van der Waals surface area contributed by atoms with Crippen LogP contribution in [0.1, 0.15) is 13.3 Å². The third-order valence-corrected chi connectivity index (χ3v) is 4.36. The van der Waals surface area contributed by atoms with Crippen LogP contribution in [0.5, 0.6) is 0 Å². The number of nitrogens with two attached hydrogens (primary N) is 1. The van der Waals surface area contributed by atoms with E-state index in [0.717, 1.165) is 10.4 Å². The fourth-order valence-corrected chi connectivity index (χ4v) is 3.26. The molecule has 0 aliphatic carbocycles. The number of halogens is 2. The van der Waals surface area contributed by atoms with Crippen LogP contribution in [0, 0.1) is 11.6 Å². The van der Waals surface area contributed by atoms with Gasteiger partial charge in [-0.3, -0.25) is 0 Å². The SMILES string of the molecule is CCCN(CCO)S(=O)(=O)c1cc(N)cc(F)c1F. The van der Waals surface area contributed by atoms with Crippen molar-refractivity contribution in [1.82, 2.24) is 4.31 Å². The number of nitrogens with zero attached hydrogens (tertiary/aromatic N) is 1. The van der Waals surface area contributed by atoms with Gasteiger partial charge in [-0.1, -0.05) is 6.92 Å². The van der Waals surface area contributed by atoms with Crippen LogP contribution in [0.15, 0.2) is 17.0 Å². The second-order valence-corrected chi connectivity index (χ2v) is 5.85. The maximum absolute atomic E-state index is 13.6. The van der Waals surface area contributed by atoms with Gasteiger partial charge in [0.05, 0.1) is 6.61 Å². The summed E-state index contributed by atoms with van der Waals surface area (Å²) in [6, 6.07) is 1.58. The predicted octanol–water partition coefficient (Wildman–Crippen LogP) is 0.940. The molecule has 108 valence electrons. The van der Waals surface area contributed by atoms with Crippen LogP contribution in [0.25, 0.3) is 0 Å². The van der Waals surface area contributed by atoms with Crippen LogP contribution < -0.4 is 5.73 Å². The Morgan fingerprint density at radius 1 is 1.32 bits per heavy atom. The molecule has 0 unspecified atom stereocenters. The third kappa shape index (κ3) is 3.40. The van der Waals surface area contributed by atoms with E-state index in [1.807, 2.05) is 0 Å². The first kappa shape index (κ1) is 15.8. The van der Waals surface area contributed by atoms with Crippen LogP contribution in [0.4, 0.5) is 14.5 Å². The highest BCUT2D eigenvalue weighted by Gasteiger charge is 2.28. The Morgan fingerprint density at radius 3 is 2.47 bits per heavy atom. The molecule has 0 saturated heterocycles. The summed E-state index contributed by atoms with van der Waals surface area (Å²) in [5.41, 5.74) is 5.15. The van der Waals surface area contributed by atoms with Crippen molar-refractivity contribution in [3.8, 4) is 0 Å². The van der Waals surface area contributed by atoms with Gasteiger partial charge < -0.3 is 10.8 Å². The fraction of sp³-hybridized carbons (Fsp3) is 0.455. The molecule has 1 rings (SSSR count). The summed E-state index contributed by atoms with van der Waals surface area (Å²) in [4.78, 5) is -0.813. The van der Waals surface area contributed by atoms with E-state index in [9.17, 15) is 17.2 Å². The zero-order chi connectivity index (χ0) is 14.6. The number of anilines is 1. The Bertz CT molecular complexity index is 543. The molecule has 19 heavy (non-hydrogen) atoms. The Kier molecular flexibility index (Phi) is 5.21. The molecule has 0 radical (unpaired) electrons. The minimum absolute atomic E-state index is 0.0960. The van der Waals surface area contributed by atoms with Crippen molar-refractivity contribution in [3.05, 3.63) is 23.8 Å². The number of rotatable bonds is 6. The highest BCUT2D eigenvalue weighted by Crippen LogP contribution is 2.24. The molecule has 0 aliphatic heterocycles. The molecule has 0 amide bonds. The van der Waals surface area contributed by atoms with E-state index in [0.29, 0.717) is 12.5 Å². The molecule has 3 N–H and O–H groups in total. The van der Waals surface area contributed by atoms with Crippen molar-refractivity contribution in [3.63, 3.8) is 0 Å². The number of aliphatic hydroxyl groups excluding tert-OH is 1. The molecule has 0 atom stereocenters. The number of benzene rings is 1. The second-order valence-electron chi connectivity index (χ2n) is 3.94. The Labute approximate surface area is 110 Å².